The van der Waals surface area contributed by atoms with Gasteiger partial charge in [-0.3, -0.25) is 9.69 Å². The van der Waals surface area contributed by atoms with Gasteiger partial charge in [-0.15, -0.1) is 0 Å². The van der Waals surface area contributed by atoms with Crippen molar-refractivity contribution in [2.45, 2.75) is 38.8 Å². The molecule has 1 unspecified atom stereocenters. The Hall–Kier alpha value is -1.56. The summed E-state index contributed by atoms with van der Waals surface area (Å²) in [5, 5.41) is 3.51. The van der Waals surface area contributed by atoms with Gasteiger partial charge in [0.15, 0.2) is 6.10 Å². The van der Waals surface area contributed by atoms with E-state index in [4.69, 9.17) is 16.3 Å². The highest BCUT2D eigenvalue weighted by atomic mass is 79.9. The Morgan fingerprint density at radius 2 is 1.89 bits per heavy atom. The SMILES string of the molecule is CC(Oc1ccc(Cl)cc1Br)C(=O)Nc1ccc(CN2CCCCC2)cc1. The summed E-state index contributed by atoms with van der Waals surface area (Å²) < 4.78 is 6.45. The molecule has 0 spiro atoms. The number of amides is 1. The average molecular weight is 452 g/mol. The second-order valence-electron chi connectivity index (χ2n) is 6.86. The minimum atomic E-state index is -0.629. The van der Waals surface area contributed by atoms with Crippen LogP contribution in [-0.4, -0.2) is 30.0 Å². The third kappa shape index (κ3) is 5.96. The monoisotopic (exact) mass is 450 g/mol. The number of benzene rings is 2. The highest BCUT2D eigenvalue weighted by Crippen LogP contribution is 2.29. The quantitative estimate of drug-likeness (QED) is 0.631. The minimum absolute atomic E-state index is 0.194. The Labute approximate surface area is 174 Å². The zero-order valence-corrected chi connectivity index (χ0v) is 17.7. The fourth-order valence-corrected chi connectivity index (χ4v) is 3.90. The Morgan fingerprint density at radius 1 is 1.19 bits per heavy atom. The molecule has 4 nitrogen and oxygen atoms in total. The zero-order valence-electron chi connectivity index (χ0n) is 15.4. The zero-order chi connectivity index (χ0) is 19.2. The van der Waals surface area contributed by atoms with E-state index in [9.17, 15) is 4.79 Å². The number of carbonyl (C=O) groups excluding carboxylic acids is 1. The lowest BCUT2D eigenvalue weighted by Crippen LogP contribution is -2.30. The van der Waals surface area contributed by atoms with Crippen molar-refractivity contribution < 1.29 is 9.53 Å². The average Bonchev–Trinajstić information content (AvgIpc) is 2.66. The van der Waals surface area contributed by atoms with Crippen molar-refractivity contribution in [3.05, 3.63) is 57.5 Å². The topological polar surface area (TPSA) is 41.6 Å². The Bertz CT molecular complexity index is 776. The highest BCUT2D eigenvalue weighted by Gasteiger charge is 2.17. The van der Waals surface area contributed by atoms with E-state index in [1.165, 1.54) is 37.9 Å². The van der Waals surface area contributed by atoms with Gasteiger partial charge in [0.1, 0.15) is 5.75 Å². The van der Waals surface area contributed by atoms with Crippen molar-refractivity contribution in [1.29, 1.82) is 0 Å². The first-order valence-corrected chi connectivity index (χ1v) is 10.4. The summed E-state index contributed by atoms with van der Waals surface area (Å²) in [4.78, 5) is 14.9. The van der Waals surface area contributed by atoms with Crippen molar-refractivity contribution in [2.75, 3.05) is 18.4 Å². The van der Waals surface area contributed by atoms with Crippen LogP contribution in [0, 0.1) is 0 Å². The lowest BCUT2D eigenvalue weighted by atomic mass is 10.1. The van der Waals surface area contributed by atoms with Crippen LogP contribution in [-0.2, 0) is 11.3 Å². The summed E-state index contributed by atoms with van der Waals surface area (Å²) in [6, 6.07) is 13.3. The second-order valence-corrected chi connectivity index (χ2v) is 8.15. The maximum absolute atomic E-state index is 12.4. The molecule has 144 valence electrons. The summed E-state index contributed by atoms with van der Waals surface area (Å²) in [6.45, 7) is 5.04. The molecule has 1 saturated heterocycles. The third-order valence-electron chi connectivity index (χ3n) is 4.64. The van der Waals surface area contributed by atoms with Crippen LogP contribution in [0.4, 0.5) is 5.69 Å². The largest absolute Gasteiger partial charge is 0.480 e. The van der Waals surface area contributed by atoms with Crippen molar-refractivity contribution in [3.63, 3.8) is 0 Å². The highest BCUT2D eigenvalue weighted by molar-refractivity contribution is 9.10. The molecule has 2 aromatic rings. The molecule has 27 heavy (non-hydrogen) atoms. The van der Waals surface area contributed by atoms with Gasteiger partial charge >= 0.3 is 0 Å². The Balaban J connectivity index is 1.53. The smallest absolute Gasteiger partial charge is 0.265 e. The van der Waals surface area contributed by atoms with E-state index < -0.39 is 6.10 Å². The molecule has 1 amide bonds. The summed E-state index contributed by atoms with van der Waals surface area (Å²) in [5.74, 6) is 0.388. The van der Waals surface area contributed by atoms with Crippen molar-refractivity contribution in [3.8, 4) is 5.75 Å². The number of hydrogen-bond acceptors (Lipinski definition) is 3. The van der Waals surface area contributed by atoms with Crippen LogP contribution in [0.2, 0.25) is 5.02 Å². The van der Waals surface area contributed by atoms with Crippen LogP contribution in [0.25, 0.3) is 0 Å². The summed E-state index contributed by atoms with van der Waals surface area (Å²) in [6.07, 6.45) is 3.29. The van der Waals surface area contributed by atoms with Crippen LogP contribution in [0.5, 0.6) is 5.75 Å². The van der Waals surface area contributed by atoms with Crippen LogP contribution >= 0.6 is 27.5 Å². The number of likely N-dealkylation sites (tertiary alicyclic amines) is 1. The van der Waals surface area contributed by atoms with Gasteiger partial charge in [-0.25, -0.2) is 0 Å². The van der Waals surface area contributed by atoms with Gasteiger partial charge in [-0.2, -0.15) is 0 Å². The predicted molar refractivity (Wildman–Crippen MR) is 113 cm³/mol. The standard InChI is InChI=1S/C21H24BrClN2O2/c1-15(27-20-10-7-17(23)13-19(20)22)21(26)24-18-8-5-16(6-9-18)14-25-11-3-2-4-12-25/h5-10,13,15H,2-4,11-12,14H2,1H3,(H,24,26). The summed E-state index contributed by atoms with van der Waals surface area (Å²) in [5.41, 5.74) is 2.04. The van der Waals surface area contributed by atoms with E-state index in [2.05, 4.69) is 38.3 Å². The number of halogens is 2. The van der Waals surface area contributed by atoms with Crippen molar-refractivity contribution >= 4 is 39.1 Å². The number of nitrogens with zero attached hydrogens (tertiary/aromatic N) is 1. The van der Waals surface area contributed by atoms with Gasteiger partial charge in [0.05, 0.1) is 4.47 Å². The first-order valence-electron chi connectivity index (χ1n) is 9.25. The van der Waals surface area contributed by atoms with Gasteiger partial charge in [0, 0.05) is 17.3 Å². The maximum atomic E-state index is 12.4. The summed E-state index contributed by atoms with van der Waals surface area (Å²) >= 11 is 9.32. The number of piperidine rings is 1. The fourth-order valence-electron chi connectivity index (χ4n) is 3.13. The molecule has 0 aliphatic carbocycles. The van der Waals surface area contributed by atoms with Crippen LogP contribution in [0.1, 0.15) is 31.7 Å². The van der Waals surface area contributed by atoms with Crippen LogP contribution in [0.3, 0.4) is 0 Å². The van der Waals surface area contributed by atoms with Gasteiger partial charge in [-0.1, -0.05) is 30.2 Å². The normalized spacial score (nSPS) is 16.0. The van der Waals surface area contributed by atoms with Crippen molar-refractivity contribution in [2.24, 2.45) is 0 Å². The molecular weight excluding hydrogens is 428 g/mol. The molecule has 0 radical (unpaired) electrons. The van der Waals surface area contributed by atoms with Gasteiger partial charge < -0.3 is 10.1 Å². The number of anilines is 1. The van der Waals surface area contributed by atoms with Gasteiger partial charge in [0.25, 0.3) is 5.91 Å². The van der Waals surface area contributed by atoms with E-state index in [1.807, 2.05) is 12.1 Å². The lowest BCUT2D eigenvalue weighted by molar-refractivity contribution is -0.122. The van der Waals surface area contributed by atoms with E-state index in [1.54, 1.807) is 25.1 Å². The number of rotatable bonds is 6. The Kier molecular flexibility index (Phi) is 7.16. The molecule has 1 aliphatic rings. The van der Waals surface area contributed by atoms with E-state index in [0.29, 0.717) is 10.8 Å². The molecule has 1 heterocycles. The van der Waals surface area contributed by atoms with Gasteiger partial charge in [0.2, 0.25) is 0 Å². The molecular formula is C21H24BrClN2O2. The molecule has 1 aliphatic heterocycles. The molecule has 1 atom stereocenters. The molecule has 6 heteroatoms. The maximum Gasteiger partial charge on any atom is 0.265 e. The molecule has 3 rings (SSSR count). The number of ether oxygens (including phenoxy) is 1. The molecule has 1 N–H and O–H groups in total. The Morgan fingerprint density at radius 3 is 2.56 bits per heavy atom. The second kappa shape index (κ2) is 9.58. The number of hydrogen-bond donors (Lipinski definition) is 1. The van der Waals surface area contributed by atoms with E-state index in [0.717, 1.165) is 16.7 Å². The number of carbonyl (C=O) groups is 1. The molecule has 1 fully saturated rings. The predicted octanol–water partition coefficient (Wildman–Crippen LogP) is 5.49. The lowest BCUT2D eigenvalue weighted by Gasteiger charge is -2.26. The molecule has 0 bridgehead atoms. The van der Waals surface area contributed by atoms with E-state index in [-0.39, 0.29) is 5.91 Å². The molecule has 0 aromatic heterocycles. The first kappa shape index (κ1) is 20.2. The van der Waals surface area contributed by atoms with Crippen LogP contribution < -0.4 is 10.1 Å². The first-order chi connectivity index (χ1) is 13.0. The van der Waals surface area contributed by atoms with Crippen LogP contribution in [0.15, 0.2) is 46.9 Å². The van der Waals surface area contributed by atoms with E-state index >= 15 is 0 Å². The minimum Gasteiger partial charge on any atom is -0.480 e. The summed E-state index contributed by atoms with van der Waals surface area (Å²) in [7, 11) is 0. The third-order valence-corrected chi connectivity index (χ3v) is 5.50. The number of nitrogens with one attached hydrogen (secondary N) is 1. The fraction of sp³-hybridized carbons (Fsp3) is 0.381. The van der Waals surface area contributed by atoms with Gasteiger partial charge in [-0.05, 0) is 84.7 Å². The molecule has 2 aromatic carbocycles. The van der Waals surface area contributed by atoms with Crippen molar-refractivity contribution in [1.82, 2.24) is 4.90 Å². The molecule has 0 saturated carbocycles.